The first-order valence-electron chi connectivity index (χ1n) is 17.9. The van der Waals surface area contributed by atoms with Gasteiger partial charge in [-0.05, 0) is 67.7 Å². The number of Topliss-reactive ketones (excluding diaryl/α,β-unsaturated/α-hetero) is 1. The first-order chi connectivity index (χ1) is 21.0. The van der Waals surface area contributed by atoms with Gasteiger partial charge in [0.15, 0.2) is 17.3 Å². The van der Waals surface area contributed by atoms with Crippen LogP contribution in [-0.4, -0.2) is 37.8 Å². The van der Waals surface area contributed by atoms with Crippen LogP contribution >= 0.6 is 0 Å². The molecule has 0 radical (unpaired) electrons. The van der Waals surface area contributed by atoms with Gasteiger partial charge in [-0.15, -0.1) is 0 Å². The van der Waals surface area contributed by atoms with Gasteiger partial charge < -0.3 is 9.47 Å². The SMILES string of the molecule is [2H]c1c2c(c([2H])c(OC([2H])([2H])[2H])c1OC([2H])([2H])[2H])C(=O)C(CC1([2H])C([2H])([2H])C([2H])([2H])N(C([2H])([2H])c3ccccc3)C([2H])([2H])C1([2H])[2H])C2. The Labute approximate surface area is 194 Å². The Balaban J connectivity index is 1.85. The summed E-state index contributed by atoms with van der Waals surface area (Å²) in [6, 6.07) is 4.63. The number of methoxy groups -OCH3 is 2. The number of hydrogen-bond acceptors (Lipinski definition) is 4. The quantitative estimate of drug-likeness (QED) is 0.725. The van der Waals surface area contributed by atoms with Gasteiger partial charge >= 0.3 is 0 Å². The van der Waals surface area contributed by atoms with Crippen molar-refractivity contribution in [3.05, 3.63) is 59.1 Å². The second kappa shape index (κ2) is 8.36. The Kier molecular flexibility index (Phi) is 2.05. The Hall–Kier alpha value is -2.33. The van der Waals surface area contributed by atoms with Crippen LogP contribution in [0.25, 0.3) is 0 Å². The predicted octanol–water partition coefficient (Wildman–Crippen LogP) is 4.36. The van der Waals surface area contributed by atoms with Gasteiger partial charge in [0.05, 0.1) is 25.0 Å². The maximum atomic E-state index is 13.7. The normalized spacial score (nSPS) is 39.9. The summed E-state index contributed by atoms with van der Waals surface area (Å²) in [4.78, 5) is 13.5. The lowest BCUT2D eigenvalue weighted by molar-refractivity contribution is 0.0895. The highest BCUT2D eigenvalue weighted by atomic mass is 16.5. The number of hydrogen-bond donors (Lipinski definition) is 0. The lowest BCUT2D eigenvalue weighted by Crippen LogP contribution is -2.34. The minimum atomic E-state index is -3.76. The number of ether oxygens (including phenoxy) is 2. The summed E-state index contributed by atoms with van der Waals surface area (Å²) in [5.41, 5.74) is -1.41. The summed E-state index contributed by atoms with van der Waals surface area (Å²) >= 11 is 0. The van der Waals surface area contributed by atoms with Gasteiger partial charge in [0.25, 0.3) is 0 Å². The molecule has 1 atom stereocenters. The van der Waals surface area contributed by atoms with Crippen LogP contribution in [0.1, 0.15) is 66.7 Å². The van der Waals surface area contributed by atoms with Crippen molar-refractivity contribution in [1.82, 2.24) is 4.90 Å². The first kappa shape index (κ1) is 6.88. The van der Waals surface area contributed by atoms with Gasteiger partial charge in [0, 0.05) is 33.1 Å². The number of benzene rings is 2. The number of carbonyl (C=O) groups is 1. The number of rotatable bonds is 6. The van der Waals surface area contributed by atoms with Crippen molar-refractivity contribution in [1.29, 1.82) is 0 Å². The van der Waals surface area contributed by atoms with Crippen molar-refractivity contribution in [2.24, 2.45) is 11.8 Å². The molecular weight excluding hydrogens is 350 g/mol. The third kappa shape index (κ3) is 3.93. The molecule has 1 fully saturated rings. The average molecular weight is 399 g/mol. The molecule has 1 aliphatic heterocycles. The molecule has 28 heavy (non-hydrogen) atoms. The molecule has 2 aliphatic rings. The molecule has 1 saturated heterocycles. The van der Waals surface area contributed by atoms with E-state index in [1.165, 1.54) is 30.3 Å². The molecule has 0 bridgehead atoms. The number of carbonyl (C=O) groups excluding carboxylic acids is 1. The molecule has 0 amide bonds. The molecule has 1 heterocycles. The molecule has 0 N–H and O–H groups in total. The molecule has 0 aromatic heterocycles. The van der Waals surface area contributed by atoms with Crippen LogP contribution in [-0.2, 0) is 12.9 Å². The van der Waals surface area contributed by atoms with E-state index >= 15 is 0 Å². The molecule has 4 nitrogen and oxygen atoms in total. The Morgan fingerprint density at radius 2 is 1.93 bits per heavy atom. The summed E-state index contributed by atoms with van der Waals surface area (Å²) in [5.74, 6) is -8.47. The number of ketones is 1. The van der Waals surface area contributed by atoms with E-state index in [0.717, 1.165) is 0 Å². The Morgan fingerprint density at radius 1 is 1.21 bits per heavy atom. The smallest absolute Gasteiger partial charge is 0.166 e. The third-order valence-electron chi connectivity index (χ3n) is 4.39. The molecule has 4 heteroatoms. The highest BCUT2D eigenvalue weighted by molar-refractivity contribution is 6.02. The zero-order valence-corrected chi connectivity index (χ0v) is 14.6. The van der Waals surface area contributed by atoms with Crippen LogP contribution in [0.5, 0.6) is 11.5 Å². The predicted molar refractivity (Wildman–Crippen MR) is 110 cm³/mol. The van der Waals surface area contributed by atoms with E-state index in [1.54, 1.807) is 0 Å². The summed E-state index contributed by atoms with van der Waals surface area (Å²) in [7, 11) is -6.59. The van der Waals surface area contributed by atoms with Crippen molar-refractivity contribution in [3.63, 3.8) is 0 Å². The van der Waals surface area contributed by atoms with Crippen molar-refractivity contribution in [2.45, 2.75) is 32.1 Å². The van der Waals surface area contributed by atoms with E-state index in [1.807, 2.05) is 0 Å². The van der Waals surface area contributed by atoms with Crippen molar-refractivity contribution in [3.8, 4) is 11.5 Å². The zero-order chi connectivity index (χ0) is 36.1. The number of likely N-dealkylation sites (tertiary alicyclic amines) is 1. The van der Waals surface area contributed by atoms with Gasteiger partial charge in [-0.1, -0.05) is 30.3 Å². The van der Waals surface area contributed by atoms with Crippen molar-refractivity contribution >= 4 is 5.78 Å². The zero-order valence-electron chi connectivity index (χ0n) is 33.6. The van der Waals surface area contributed by atoms with E-state index in [-0.39, 0.29) is 10.5 Å². The molecule has 148 valence electrons. The molecular formula is C24H29NO3. The summed E-state index contributed by atoms with van der Waals surface area (Å²) in [6.07, 6.45) is -9.45. The van der Waals surface area contributed by atoms with Crippen LogP contribution in [0.4, 0.5) is 0 Å². The average Bonchev–Trinajstić information content (AvgIpc) is 3.22. The standard InChI is InChI=1S/C24H29NO3/c1-27-22-14-19-13-20(24(26)21(19)15-23(22)28-2)12-17-8-10-25(11-9-17)16-18-6-4-3-5-7-18/h3-7,14-15,17,20H,8-13,16H2,1-2H3/i1D3,2D3,8D2,9D2,10D2,11D2,14D,15D,16D2,17D. The maximum absolute atomic E-state index is 13.7. The maximum Gasteiger partial charge on any atom is 0.166 e. The minimum Gasteiger partial charge on any atom is -0.493 e. The second-order valence-electron chi connectivity index (χ2n) is 6.20. The number of piperidine rings is 1. The topological polar surface area (TPSA) is 38.8 Å². The lowest BCUT2D eigenvalue weighted by atomic mass is 9.85. The molecule has 2 aromatic rings. The number of fused-ring (bicyclic) bond motifs is 1. The summed E-state index contributed by atoms with van der Waals surface area (Å²) < 4.78 is 167. The molecule has 0 saturated carbocycles. The molecule has 0 spiro atoms. The molecule has 1 aliphatic carbocycles. The van der Waals surface area contributed by atoms with E-state index < -0.39 is 111 Å². The molecule has 4 rings (SSSR count). The van der Waals surface area contributed by atoms with Crippen molar-refractivity contribution in [2.75, 3.05) is 27.1 Å². The van der Waals surface area contributed by atoms with Gasteiger partial charge in [0.1, 0.15) is 0 Å². The van der Waals surface area contributed by atoms with E-state index in [0.29, 0.717) is 0 Å². The minimum absolute atomic E-state index is 0.235. The summed E-state index contributed by atoms with van der Waals surface area (Å²) in [6.45, 7) is -10.7. The fourth-order valence-electron chi connectivity index (χ4n) is 3.07. The van der Waals surface area contributed by atoms with Crippen LogP contribution in [0.2, 0.25) is 0 Å². The van der Waals surface area contributed by atoms with Crippen LogP contribution in [0, 0.1) is 11.8 Å². The molecule has 1 unspecified atom stereocenters. The van der Waals surface area contributed by atoms with Crippen molar-refractivity contribution < 1.29 is 40.3 Å². The monoisotopic (exact) mass is 398 g/mol. The second-order valence-corrected chi connectivity index (χ2v) is 6.20. The van der Waals surface area contributed by atoms with Gasteiger partial charge in [-0.25, -0.2) is 0 Å². The van der Waals surface area contributed by atoms with Gasteiger partial charge in [-0.2, -0.15) is 0 Å². The van der Waals surface area contributed by atoms with E-state index in [9.17, 15) is 4.79 Å². The van der Waals surface area contributed by atoms with Crippen LogP contribution in [0.15, 0.2) is 42.4 Å². The Morgan fingerprint density at radius 3 is 2.64 bits per heavy atom. The first-order valence-corrected chi connectivity index (χ1v) is 8.41. The Bertz CT molecular complexity index is 1540. The highest BCUT2D eigenvalue weighted by Gasteiger charge is 2.34. The van der Waals surface area contributed by atoms with E-state index in [2.05, 4.69) is 0 Å². The highest BCUT2D eigenvalue weighted by Crippen LogP contribution is 2.39. The third-order valence-corrected chi connectivity index (χ3v) is 4.39. The van der Waals surface area contributed by atoms with Crippen LogP contribution in [0.3, 0.4) is 0 Å². The van der Waals surface area contributed by atoms with Crippen LogP contribution < -0.4 is 9.47 Å². The van der Waals surface area contributed by atoms with E-state index in [4.69, 9.17) is 35.5 Å². The largest absolute Gasteiger partial charge is 0.493 e. The fraction of sp³-hybridized carbons (Fsp3) is 0.458. The van der Waals surface area contributed by atoms with Gasteiger partial charge in [-0.3, -0.25) is 9.69 Å². The lowest BCUT2D eigenvalue weighted by Gasteiger charge is -2.32. The number of nitrogens with zero attached hydrogens (tertiary/aromatic N) is 1. The van der Waals surface area contributed by atoms with Gasteiger partial charge in [0.2, 0.25) is 0 Å². The molecule has 2 aromatic carbocycles. The summed E-state index contributed by atoms with van der Waals surface area (Å²) in [5, 5.41) is 0. The fourth-order valence-corrected chi connectivity index (χ4v) is 3.07.